The van der Waals surface area contributed by atoms with E-state index < -0.39 is 0 Å². The molecular formula is C15H15NO4. The quantitative estimate of drug-likeness (QED) is 0.783. The molecule has 1 aromatic carbocycles. The summed E-state index contributed by atoms with van der Waals surface area (Å²) in [7, 11) is 4.58. The molecule has 0 saturated heterocycles. The van der Waals surface area contributed by atoms with E-state index >= 15 is 0 Å². The van der Waals surface area contributed by atoms with E-state index in [-0.39, 0.29) is 5.78 Å². The number of pyridine rings is 1. The van der Waals surface area contributed by atoms with Crippen LogP contribution in [0.4, 0.5) is 0 Å². The summed E-state index contributed by atoms with van der Waals surface area (Å²) in [6, 6.07) is 6.64. The molecule has 104 valence electrons. The number of methoxy groups -OCH3 is 3. The molecule has 1 aromatic heterocycles. The fourth-order valence-corrected chi connectivity index (χ4v) is 1.86. The zero-order valence-electron chi connectivity index (χ0n) is 11.5. The lowest BCUT2D eigenvalue weighted by Gasteiger charge is -2.10. The van der Waals surface area contributed by atoms with Crippen molar-refractivity contribution in [3.05, 3.63) is 47.8 Å². The predicted octanol–water partition coefficient (Wildman–Crippen LogP) is 2.34. The average molecular weight is 273 g/mol. The molecule has 5 nitrogen and oxygen atoms in total. The highest BCUT2D eigenvalue weighted by molar-refractivity contribution is 6.10. The number of carbonyl (C=O) groups excluding carboxylic acids is 1. The predicted molar refractivity (Wildman–Crippen MR) is 73.8 cm³/mol. The fourth-order valence-electron chi connectivity index (χ4n) is 1.86. The average Bonchev–Trinajstić information content (AvgIpc) is 2.53. The van der Waals surface area contributed by atoms with E-state index in [1.54, 1.807) is 37.6 Å². The molecule has 5 heteroatoms. The Labute approximate surface area is 117 Å². The smallest absolute Gasteiger partial charge is 0.197 e. The van der Waals surface area contributed by atoms with Crippen molar-refractivity contribution in [1.82, 2.24) is 4.98 Å². The Morgan fingerprint density at radius 1 is 0.950 bits per heavy atom. The van der Waals surface area contributed by atoms with Crippen molar-refractivity contribution >= 4 is 5.78 Å². The Balaban J connectivity index is 2.43. The van der Waals surface area contributed by atoms with Gasteiger partial charge in [0.05, 0.1) is 33.1 Å². The lowest BCUT2D eigenvalue weighted by atomic mass is 10.0. The summed E-state index contributed by atoms with van der Waals surface area (Å²) in [5.41, 5.74) is 0.946. The maximum Gasteiger partial charge on any atom is 0.197 e. The van der Waals surface area contributed by atoms with Gasteiger partial charge in [-0.2, -0.15) is 0 Å². The zero-order chi connectivity index (χ0) is 14.5. The number of aromatic nitrogens is 1. The van der Waals surface area contributed by atoms with Crippen molar-refractivity contribution < 1.29 is 19.0 Å². The molecule has 0 atom stereocenters. The van der Waals surface area contributed by atoms with Crippen molar-refractivity contribution in [3.8, 4) is 17.2 Å². The van der Waals surface area contributed by atoms with Gasteiger partial charge in [0.1, 0.15) is 5.75 Å². The summed E-state index contributed by atoms with van der Waals surface area (Å²) in [5, 5.41) is 0. The Hall–Kier alpha value is -2.56. The van der Waals surface area contributed by atoms with E-state index in [0.29, 0.717) is 28.4 Å². The highest BCUT2D eigenvalue weighted by Gasteiger charge is 2.16. The molecule has 0 fully saturated rings. The highest BCUT2D eigenvalue weighted by Crippen LogP contribution is 2.29. The maximum atomic E-state index is 12.5. The summed E-state index contributed by atoms with van der Waals surface area (Å²) in [5.74, 6) is 1.36. The second kappa shape index (κ2) is 6.06. The zero-order valence-corrected chi connectivity index (χ0v) is 11.5. The first kappa shape index (κ1) is 13.9. The first-order valence-electron chi connectivity index (χ1n) is 5.96. The number of ketones is 1. The number of carbonyl (C=O) groups is 1. The Bertz CT molecular complexity index is 625. The van der Waals surface area contributed by atoms with Gasteiger partial charge in [0.15, 0.2) is 17.3 Å². The van der Waals surface area contributed by atoms with Gasteiger partial charge >= 0.3 is 0 Å². The summed E-state index contributed by atoms with van der Waals surface area (Å²) in [6.45, 7) is 0. The molecule has 0 saturated carbocycles. The van der Waals surface area contributed by atoms with Crippen LogP contribution in [0.25, 0.3) is 0 Å². The topological polar surface area (TPSA) is 57.7 Å². The monoisotopic (exact) mass is 273 g/mol. The Morgan fingerprint density at radius 2 is 1.65 bits per heavy atom. The van der Waals surface area contributed by atoms with E-state index in [4.69, 9.17) is 14.2 Å². The van der Waals surface area contributed by atoms with Crippen LogP contribution in [-0.2, 0) is 0 Å². The molecular weight excluding hydrogens is 258 g/mol. The SMILES string of the molecule is COc1ccc(C(=O)c2ccncc2OC)cc1OC. The molecule has 0 aliphatic heterocycles. The number of hydrogen-bond acceptors (Lipinski definition) is 5. The minimum Gasteiger partial charge on any atom is -0.494 e. The summed E-state index contributed by atoms with van der Waals surface area (Å²) in [6.07, 6.45) is 3.06. The van der Waals surface area contributed by atoms with Gasteiger partial charge in [-0.05, 0) is 24.3 Å². The third-order valence-electron chi connectivity index (χ3n) is 2.89. The van der Waals surface area contributed by atoms with Crippen molar-refractivity contribution in [2.24, 2.45) is 0 Å². The van der Waals surface area contributed by atoms with Gasteiger partial charge in [-0.15, -0.1) is 0 Å². The molecule has 0 aliphatic rings. The molecule has 0 bridgehead atoms. The van der Waals surface area contributed by atoms with E-state index in [9.17, 15) is 4.79 Å². The van der Waals surface area contributed by atoms with Gasteiger partial charge < -0.3 is 14.2 Å². The van der Waals surface area contributed by atoms with Crippen LogP contribution in [0, 0.1) is 0 Å². The largest absolute Gasteiger partial charge is 0.494 e. The van der Waals surface area contributed by atoms with Gasteiger partial charge in [-0.25, -0.2) is 0 Å². The lowest BCUT2D eigenvalue weighted by Crippen LogP contribution is -2.05. The Kier molecular flexibility index (Phi) is 4.20. The molecule has 0 spiro atoms. The van der Waals surface area contributed by atoms with Crippen LogP contribution in [0.2, 0.25) is 0 Å². The van der Waals surface area contributed by atoms with Gasteiger partial charge in [0, 0.05) is 11.8 Å². The fraction of sp³-hybridized carbons (Fsp3) is 0.200. The van der Waals surface area contributed by atoms with Gasteiger partial charge in [-0.3, -0.25) is 9.78 Å². The normalized spacial score (nSPS) is 9.95. The summed E-state index contributed by atoms with van der Waals surface area (Å²) in [4.78, 5) is 16.4. The van der Waals surface area contributed by atoms with E-state index in [1.807, 2.05) is 0 Å². The second-order valence-electron chi connectivity index (χ2n) is 3.97. The van der Waals surface area contributed by atoms with Crippen LogP contribution in [0.15, 0.2) is 36.7 Å². The Morgan fingerprint density at radius 3 is 2.30 bits per heavy atom. The van der Waals surface area contributed by atoms with Crippen molar-refractivity contribution in [2.75, 3.05) is 21.3 Å². The van der Waals surface area contributed by atoms with Crippen molar-refractivity contribution in [2.45, 2.75) is 0 Å². The molecule has 2 aromatic rings. The minimum atomic E-state index is -0.162. The summed E-state index contributed by atoms with van der Waals surface area (Å²) >= 11 is 0. The third kappa shape index (κ3) is 2.56. The van der Waals surface area contributed by atoms with Crippen LogP contribution in [-0.4, -0.2) is 32.1 Å². The standard InChI is InChI=1S/C15H15NO4/c1-18-12-5-4-10(8-13(12)19-2)15(17)11-6-7-16-9-14(11)20-3/h4-9H,1-3H3. The molecule has 2 rings (SSSR count). The molecule has 1 heterocycles. The lowest BCUT2D eigenvalue weighted by molar-refractivity contribution is 0.103. The van der Waals surface area contributed by atoms with Gasteiger partial charge in [0.25, 0.3) is 0 Å². The van der Waals surface area contributed by atoms with Crippen LogP contribution >= 0.6 is 0 Å². The number of ether oxygens (including phenoxy) is 3. The molecule has 0 amide bonds. The van der Waals surface area contributed by atoms with Crippen molar-refractivity contribution in [3.63, 3.8) is 0 Å². The van der Waals surface area contributed by atoms with E-state index in [1.165, 1.54) is 20.4 Å². The molecule has 0 aliphatic carbocycles. The third-order valence-corrected chi connectivity index (χ3v) is 2.89. The maximum absolute atomic E-state index is 12.5. The summed E-state index contributed by atoms with van der Waals surface area (Å²) < 4.78 is 15.5. The van der Waals surface area contributed by atoms with E-state index in [0.717, 1.165) is 0 Å². The van der Waals surface area contributed by atoms with Crippen LogP contribution in [0.3, 0.4) is 0 Å². The highest BCUT2D eigenvalue weighted by atomic mass is 16.5. The number of benzene rings is 1. The van der Waals surface area contributed by atoms with Gasteiger partial charge in [-0.1, -0.05) is 0 Å². The minimum absolute atomic E-state index is 0.162. The number of rotatable bonds is 5. The van der Waals surface area contributed by atoms with Crippen LogP contribution in [0.5, 0.6) is 17.2 Å². The molecule has 0 unspecified atom stereocenters. The second-order valence-corrected chi connectivity index (χ2v) is 3.97. The van der Waals surface area contributed by atoms with Crippen LogP contribution in [0.1, 0.15) is 15.9 Å². The molecule has 20 heavy (non-hydrogen) atoms. The van der Waals surface area contributed by atoms with Crippen molar-refractivity contribution in [1.29, 1.82) is 0 Å². The van der Waals surface area contributed by atoms with Crippen LogP contribution < -0.4 is 14.2 Å². The first-order valence-corrected chi connectivity index (χ1v) is 5.96. The number of nitrogens with zero attached hydrogens (tertiary/aromatic N) is 1. The number of hydrogen-bond donors (Lipinski definition) is 0. The van der Waals surface area contributed by atoms with Gasteiger partial charge in [0.2, 0.25) is 0 Å². The molecule has 0 radical (unpaired) electrons. The first-order chi connectivity index (χ1) is 9.71. The molecule has 0 N–H and O–H groups in total. The van der Waals surface area contributed by atoms with E-state index in [2.05, 4.69) is 4.98 Å².